The molecule has 0 fully saturated rings. The van der Waals surface area contributed by atoms with E-state index in [1.54, 1.807) is 6.20 Å². The summed E-state index contributed by atoms with van der Waals surface area (Å²) in [7, 11) is 0. The van der Waals surface area contributed by atoms with Crippen molar-refractivity contribution in [2.45, 2.75) is 26.3 Å². The van der Waals surface area contributed by atoms with E-state index in [1.807, 2.05) is 45.0 Å². The number of amides is 1. The van der Waals surface area contributed by atoms with Gasteiger partial charge in [-0.25, -0.2) is 0 Å². The van der Waals surface area contributed by atoms with Gasteiger partial charge in [-0.05, 0) is 26.8 Å². The zero-order valence-electron chi connectivity index (χ0n) is 12.2. The van der Waals surface area contributed by atoms with Gasteiger partial charge in [-0.2, -0.15) is 0 Å². The summed E-state index contributed by atoms with van der Waals surface area (Å²) in [5.74, 6) is -0.134. The third kappa shape index (κ3) is 2.45. The fourth-order valence-corrected chi connectivity index (χ4v) is 3.39. The van der Waals surface area contributed by atoms with E-state index in [4.69, 9.17) is 5.73 Å². The van der Waals surface area contributed by atoms with Crippen molar-refractivity contribution in [3.05, 3.63) is 35.3 Å². The van der Waals surface area contributed by atoms with Crippen LogP contribution in [0.4, 0.5) is 5.69 Å². The van der Waals surface area contributed by atoms with Crippen LogP contribution in [0.3, 0.4) is 0 Å². The molecule has 5 heteroatoms. The average Bonchev–Trinajstić information content (AvgIpc) is 2.75. The van der Waals surface area contributed by atoms with Crippen LogP contribution in [-0.4, -0.2) is 16.4 Å². The molecule has 4 nitrogen and oxygen atoms in total. The second-order valence-electron chi connectivity index (χ2n) is 6.07. The van der Waals surface area contributed by atoms with Crippen molar-refractivity contribution in [3.8, 4) is 0 Å². The molecule has 0 saturated carbocycles. The SMILES string of the molecule is CC(C)(C)NC(=O)c1sc2c(cnc3ccccc32)c1N. The summed E-state index contributed by atoms with van der Waals surface area (Å²) in [4.78, 5) is 17.4. The molecule has 0 unspecified atom stereocenters. The topological polar surface area (TPSA) is 68.0 Å². The summed E-state index contributed by atoms with van der Waals surface area (Å²) in [6, 6.07) is 7.88. The van der Waals surface area contributed by atoms with E-state index in [-0.39, 0.29) is 11.4 Å². The van der Waals surface area contributed by atoms with E-state index in [0.717, 1.165) is 21.0 Å². The Kier molecular flexibility index (Phi) is 3.10. The van der Waals surface area contributed by atoms with E-state index in [1.165, 1.54) is 11.3 Å². The van der Waals surface area contributed by atoms with Crippen molar-refractivity contribution in [2.75, 3.05) is 5.73 Å². The maximum absolute atomic E-state index is 12.4. The molecule has 21 heavy (non-hydrogen) atoms. The maximum Gasteiger partial charge on any atom is 0.263 e. The highest BCUT2D eigenvalue weighted by Gasteiger charge is 2.21. The zero-order valence-corrected chi connectivity index (χ0v) is 13.0. The molecule has 1 aromatic carbocycles. The molecule has 0 spiro atoms. The smallest absolute Gasteiger partial charge is 0.263 e. The molecule has 108 valence electrons. The molecule has 0 atom stereocenters. The highest BCUT2D eigenvalue weighted by Crippen LogP contribution is 2.37. The van der Waals surface area contributed by atoms with E-state index in [2.05, 4.69) is 10.3 Å². The number of pyridine rings is 1. The minimum Gasteiger partial charge on any atom is -0.397 e. The number of anilines is 1. The lowest BCUT2D eigenvalue weighted by molar-refractivity contribution is 0.0924. The minimum absolute atomic E-state index is 0.134. The predicted molar refractivity (Wildman–Crippen MR) is 88.8 cm³/mol. The fraction of sp³-hybridized carbons (Fsp3) is 0.250. The van der Waals surface area contributed by atoms with Gasteiger partial charge in [0, 0.05) is 27.2 Å². The van der Waals surface area contributed by atoms with Crippen molar-refractivity contribution in [1.29, 1.82) is 0 Å². The number of hydrogen-bond acceptors (Lipinski definition) is 4. The summed E-state index contributed by atoms with van der Waals surface area (Å²) in [6.07, 6.45) is 1.75. The number of carbonyl (C=O) groups excluding carboxylic acids is 1. The van der Waals surface area contributed by atoms with Crippen molar-refractivity contribution in [1.82, 2.24) is 10.3 Å². The normalized spacial score (nSPS) is 12.0. The molecule has 0 aliphatic carbocycles. The van der Waals surface area contributed by atoms with Crippen LogP contribution in [0.5, 0.6) is 0 Å². The van der Waals surface area contributed by atoms with Gasteiger partial charge >= 0.3 is 0 Å². The van der Waals surface area contributed by atoms with Gasteiger partial charge in [-0.15, -0.1) is 11.3 Å². The molecule has 0 aliphatic rings. The zero-order chi connectivity index (χ0) is 15.2. The van der Waals surface area contributed by atoms with Crippen LogP contribution in [0.15, 0.2) is 30.5 Å². The number of thiophene rings is 1. The summed E-state index contributed by atoms with van der Waals surface area (Å²) in [5.41, 5.74) is 7.29. The van der Waals surface area contributed by atoms with Gasteiger partial charge < -0.3 is 11.1 Å². The molecule has 1 amide bonds. The number of fused-ring (bicyclic) bond motifs is 3. The molecular formula is C16H17N3OS. The van der Waals surface area contributed by atoms with Crippen LogP contribution in [-0.2, 0) is 0 Å². The third-order valence-electron chi connectivity index (χ3n) is 3.16. The molecule has 0 aliphatic heterocycles. The van der Waals surface area contributed by atoms with Crippen molar-refractivity contribution in [2.24, 2.45) is 0 Å². The van der Waals surface area contributed by atoms with E-state index >= 15 is 0 Å². The minimum atomic E-state index is -0.292. The molecular weight excluding hydrogens is 282 g/mol. The third-order valence-corrected chi connectivity index (χ3v) is 4.41. The Morgan fingerprint density at radius 3 is 2.67 bits per heavy atom. The molecule has 3 N–H and O–H groups in total. The number of nitrogens with one attached hydrogen (secondary N) is 1. The molecule has 0 bridgehead atoms. The Morgan fingerprint density at radius 1 is 1.24 bits per heavy atom. The van der Waals surface area contributed by atoms with Gasteiger partial charge in [-0.3, -0.25) is 9.78 Å². The van der Waals surface area contributed by atoms with Gasteiger partial charge in [0.25, 0.3) is 5.91 Å². The van der Waals surface area contributed by atoms with Crippen molar-refractivity contribution >= 4 is 43.9 Å². The number of nitrogens with two attached hydrogens (primary N) is 1. The standard InChI is InChI=1S/C16H17N3OS/c1-16(2,3)19-15(20)14-12(17)10-8-18-11-7-5-4-6-9(11)13(10)21-14/h4-8H,17H2,1-3H3,(H,19,20). The molecule has 2 heterocycles. The number of hydrogen-bond donors (Lipinski definition) is 2. The van der Waals surface area contributed by atoms with Gasteiger partial charge in [0.2, 0.25) is 0 Å². The van der Waals surface area contributed by atoms with E-state index in [0.29, 0.717) is 10.6 Å². The lowest BCUT2D eigenvalue weighted by Gasteiger charge is -2.20. The maximum atomic E-state index is 12.4. The molecule has 0 saturated heterocycles. The summed E-state index contributed by atoms with van der Waals surface area (Å²) in [6.45, 7) is 5.85. The predicted octanol–water partition coefficient (Wildman–Crippen LogP) is 3.56. The number of para-hydroxylation sites is 1. The van der Waals surface area contributed by atoms with Crippen LogP contribution in [0.2, 0.25) is 0 Å². The first-order valence-electron chi connectivity index (χ1n) is 6.75. The van der Waals surface area contributed by atoms with Crippen LogP contribution in [0.25, 0.3) is 21.0 Å². The van der Waals surface area contributed by atoms with Crippen LogP contribution >= 0.6 is 11.3 Å². The lowest BCUT2D eigenvalue weighted by atomic mass is 10.1. The number of nitrogens with zero attached hydrogens (tertiary/aromatic N) is 1. The Labute approximate surface area is 127 Å². The number of nitrogen functional groups attached to an aromatic ring is 1. The monoisotopic (exact) mass is 299 g/mol. The number of aromatic nitrogens is 1. The second-order valence-corrected chi connectivity index (χ2v) is 7.09. The van der Waals surface area contributed by atoms with E-state index in [9.17, 15) is 4.79 Å². The summed E-state index contributed by atoms with van der Waals surface area (Å²) < 4.78 is 1.01. The average molecular weight is 299 g/mol. The Bertz CT molecular complexity index is 846. The summed E-state index contributed by atoms with van der Waals surface area (Å²) in [5, 5.41) is 4.83. The molecule has 3 aromatic rings. The van der Waals surface area contributed by atoms with Crippen molar-refractivity contribution in [3.63, 3.8) is 0 Å². The van der Waals surface area contributed by atoms with Crippen molar-refractivity contribution < 1.29 is 4.79 Å². The largest absolute Gasteiger partial charge is 0.397 e. The molecule has 2 aromatic heterocycles. The number of rotatable bonds is 1. The first-order valence-corrected chi connectivity index (χ1v) is 7.57. The number of carbonyl (C=O) groups is 1. The fourth-order valence-electron chi connectivity index (χ4n) is 2.26. The quantitative estimate of drug-likeness (QED) is 0.722. The lowest BCUT2D eigenvalue weighted by Crippen LogP contribution is -2.40. The number of benzene rings is 1. The Balaban J connectivity index is 2.19. The van der Waals surface area contributed by atoms with Gasteiger partial charge in [0.05, 0.1) is 11.2 Å². The summed E-state index contributed by atoms with van der Waals surface area (Å²) >= 11 is 1.43. The Hall–Kier alpha value is -2.14. The van der Waals surface area contributed by atoms with Crippen LogP contribution < -0.4 is 11.1 Å². The van der Waals surface area contributed by atoms with Crippen LogP contribution in [0, 0.1) is 0 Å². The highest BCUT2D eigenvalue weighted by molar-refractivity contribution is 7.22. The van der Waals surface area contributed by atoms with Crippen LogP contribution in [0.1, 0.15) is 30.4 Å². The first kappa shape index (κ1) is 13.8. The van der Waals surface area contributed by atoms with Gasteiger partial charge in [0.15, 0.2) is 0 Å². The second kappa shape index (κ2) is 4.70. The van der Waals surface area contributed by atoms with Gasteiger partial charge in [-0.1, -0.05) is 18.2 Å². The molecule has 3 rings (SSSR count). The first-order chi connectivity index (χ1) is 9.87. The highest BCUT2D eigenvalue weighted by atomic mass is 32.1. The van der Waals surface area contributed by atoms with E-state index < -0.39 is 0 Å². The Morgan fingerprint density at radius 2 is 1.95 bits per heavy atom. The molecule has 0 radical (unpaired) electrons. The van der Waals surface area contributed by atoms with Gasteiger partial charge in [0.1, 0.15) is 4.88 Å².